The Balaban J connectivity index is 1.61. The number of nitrogens with zero attached hydrogens (tertiary/aromatic N) is 1. The van der Waals surface area contributed by atoms with Gasteiger partial charge in [-0.25, -0.2) is 5.43 Å². The van der Waals surface area contributed by atoms with Gasteiger partial charge in [-0.1, -0.05) is 52.3 Å². The number of hydrazone groups is 1. The van der Waals surface area contributed by atoms with Gasteiger partial charge in [-0.15, -0.1) is 0 Å². The van der Waals surface area contributed by atoms with E-state index in [9.17, 15) is 9.90 Å². The van der Waals surface area contributed by atoms with Gasteiger partial charge in [0.2, 0.25) is 0 Å². The second-order valence-corrected chi connectivity index (χ2v) is 7.88. The van der Waals surface area contributed by atoms with Crippen molar-refractivity contribution in [2.24, 2.45) is 5.10 Å². The third-order valence-electron chi connectivity index (χ3n) is 4.39. The number of carbonyl (C=O) groups is 1. The predicted molar refractivity (Wildman–Crippen MR) is 114 cm³/mol. The van der Waals surface area contributed by atoms with Crippen LogP contribution in [0.1, 0.15) is 22.6 Å². The Bertz CT molecular complexity index is 1050. The smallest absolute Gasteiger partial charge is 0.252 e. The van der Waals surface area contributed by atoms with Crippen molar-refractivity contribution >= 4 is 44.0 Å². The summed E-state index contributed by atoms with van der Waals surface area (Å²) < 4.78 is 7.21. The number of phenolic OH excluding ortho intramolecular Hbond substituents is 1. The lowest BCUT2D eigenvalue weighted by atomic mass is 9.87. The largest absolute Gasteiger partial charge is 0.507 e. The van der Waals surface area contributed by atoms with Crippen LogP contribution in [0, 0.1) is 0 Å². The number of hydrogen-bond donors (Lipinski definition) is 2. The normalized spacial score (nSPS) is 12.9. The molecule has 2 N–H and O–H groups in total. The van der Waals surface area contributed by atoms with E-state index in [2.05, 4.69) is 42.4 Å². The SMILES string of the molecule is O=C(N/N=C/c1cc(O)c(Br)cc1Br)C1c2ccccc2Oc2ccccc21. The quantitative estimate of drug-likeness (QED) is 0.377. The van der Waals surface area contributed by atoms with Gasteiger partial charge in [0.05, 0.1) is 16.6 Å². The lowest BCUT2D eigenvalue weighted by Gasteiger charge is -2.26. The molecule has 0 spiro atoms. The molecule has 1 aliphatic rings. The Labute approximate surface area is 178 Å². The van der Waals surface area contributed by atoms with Crippen molar-refractivity contribution in [2.75, 3.05) is 0 Å². The third-order valence-corrected chi connectivity index (χ3v) is 5.71. The van der Waals surface area contributed by atoms with Crippen molar-refractivity contribution < 1.29 is 14.6 Å². The molecule has 0 saturated carbocycles. The molecule has 1 heterocycles. The Kier molecular flexibility index (Phi) is 5.19. The number of carbonyl (C=O) groups excluding carboxylic acids is 1. The Morgan fingerprint density at radius 3 is 2.25 bits per heavy atom. The van der Waals surface area contributed by atoms with Gasteiger partial charge in [0, 0.05) is 21.2 Å². The number of phenols is 1. The fourth-order valence-corrected chi connectivity index (χ4v) is 4.17. The number of nitrogens with one attached hydrogen (secondary N) is 1. The highest BCUT2D eigenvalue weighted by molar-refractivity contribution is 9.11. The average Bonchev–Trinajstić information content (AvgIpc) is 2.69. The number of ether oxygens (including phenoxy) is 1. The first-order valence-electron chi connectivity index (χ1n) is 8.41. The van der Waals surface area contributed by atoms with Crippen LogP contribution in [0.5, 0.6) is 17.2 Å². The molecule has 3 aromatic carbocycles. The molecule has 28 heavy (non-hydrogen) atoms. The molecule has 0 saturated heterocycles. The lowest BCUT2D eigenvalue weighted by molar-refractivity contribution is -0.121. The number of hydrogen-bond acceptors (Lipinski definition) is 4. The van der Waals surface area contributed by atoms with Gasteiger partial charge < -0.3 is 9.84 Å². The molecule has 7 heteroatoms. The van der Waals surface area contributed by atoms with Gasteiger partial charge in [-0.05, 0) is 40.2 Å². The summed E-state index contributed by atoms with van der Waals surface area (Å²) in [4.78, 5) is 13.0. The van der Waals surface area contributed by atoms with Crippen LogP contribution in [0.2, 0.25) is 0 Å². The van der Waals surface area contributed by atoms with E-state index in [1.54, 1.807) is 12.1 Å². The van der Waals surface area contributed by atoms with E-state index in [0.717, 1.165) is 15.6 Å². The fraction of sp³-hybridized carbons (Fsp3) is 0.0476. The topological polar surface area (TPSA) is 70.9 Å². The average molecular weight is 502 g/mol. The Hall–Kier alpha value is -2.64. The molecule has 5 nitrogen and oxygen atoms in total. The minimum atomic E-state index is -0.528. The molecule has 0 aliphatic carbocycles. The number of para-hydroxylation sites is 2. The summed E-state index contributed by atoms with van der Waals surface area (Å²) in [6, 6.07) is 18.2. The van der Waals surface area contributed by atoms with Crippen molar-refractivity contribution in [3.8, 4) is 17.2 Å². The third kappa shape index (κ3) is 3.55. The molecule has 0 unspecified atom stereocenters. The molecule has 0 aromatic heterocycles. The fourth-order valence-electron chi connectivity index (χ4n) is 3.08. The summed E-state index contributed by atoms with van der Waals surface area (Å²) in [7, 11) is 0. The van der Waals surface area contributed by atoms with E-state index in [4.69, 9.17) is 4.74 Å². The van der Waals surface area contributed by atoms with E-state index >= 15 is 0 Å². The first-order chi connectivity index (χ1) is 13.5. The molecule has 1 aliphatic heterocycles. The Morgan fingerprint density at radius 2 is 1.61 bits per heavy atom. The van der Waals surface area contributed by atoms with Gasteiger partial charge in [0.15, 0.2) is 0 Å². The molecule has 0 atom stereocenters. The number of fused-ring (bicyclic) bond motifs is 2. The summed E-state index contributed by atoms with van der Waals surface area (Å²) in [6.07, 6.45) is 1.48. The highest BCUT2D eigenvalue weighted by Crippen LogP contribution is 2.43. The summed E-state index contributed by atoms with van der Waals surface area (Å²) in [6.45, 7) is 0. The standard InChI is InChI=1S/C21H14Br2N2O3/c22-15-10-16(23)17(26)9-12(15)11-24-25-21(27)20-13-5-1-3-7-18(13)28-19-8-4-2-6-14(19)20/h1-11,20,26H,(H,25,27)/b24-11+. The molecule has 140 valence electrons. The summed E-state index contributed by atoms with van der Waals surface area (Å²) in [5, 5.41) is 13.9. The number of rotatable bonds is 3. The number of amides is 1. The summed E-state index contributed by atoms with van der Waals surface area (Å²) in [5.41, 5.74) is 4.81. The molecule has 4 rings (SSSR count). The van der Waals surface area contributed by atoms with Crippen molar-refractivity contribution in [3.63, 3.8) is 0 Å². The highest BCUT2D eigenvalue weighted by atomic mass is 79.9. The first kappa shape index (κ1) is 18.7. The van der Waals surface area contributed by atoms with Gasteiger partial charge in [-0.2, -0.15) is 5.10 Å². The molecule has 0 radical (unpaired) electrons. The lowest BCUT2D eigenvalue weighted by Crippen LogP contribution is -2.28. The molecular formula is C21H14Br2N2O3. The van der Waals surface area contributed by atoms with Crippen LogP contribution in [0.4, 0.5) is 0 Å². The van der Waals surface area contributed by atoms with E-state index in [0.29, 0.717) is 21.5 Å². The number of benzene rings is 3. The van der Waals surface area contributed by atoms with E-state index in [1.165, 1.54) is 6.21 Å². The molecule has 1 amide bonds. The zero-order valence-corrected chi connectivity index (χ0v) is 17.6. The summed E-state index contributed by atoms with van der Waals surface area (Å²) >= 11 is 6.65. The second kappa shape index (κ2) is 7.77. The van der Waals surface area contributed by atoms with Gasteiger partial charge in [-0.3, -0.25) is 4.79 Å². The van der Waals surface area contributed by atoms with Crippen LogP contribution < -0.4 is 10.2 Å². The van der Waals surface area contributed by atoms with Crippen molar-refractivity contribution in [1.82, 2.24) is 5.43 Å². The van der Waals surface area contributed by atoms with Crippen LogP contribution >= 0.6 is 31.9 Å². The predicted octanol–water partition coefficient (Wildman–Crippen LogP) is 5.31. The van der Waals surface area contributed by atoms with Gasteiger partial charge >= 0.3 is 0 Å². The minimum absolute atomic E-state index is 0.0864. The van der Waals surface area contributed by atoms with Crippen LogP contribution in [0.3, 0.4) is 0 Å². The van der Waals surface area contributed by atoms with Gasteiger partial charge in [0.1, 0.15) is 17.2 Å². The maximum absolute atomic E-state index is 13.0. The Morgan fingerprint density at radius 1 is 1.00 bits per heavy atom. The second-order valence-electron chi connectivity index (χ2n) is 6.17. The van der Waals surface area contributed by atoms with Crippen LogP contribution in [-0.4, -0.2) is 17.2 Å². The maximum atomic E-state index is 13.0. The zero-order valence-electron chi connectivity index (χ0n) is 14.4. The minimum Gasteiger partial charge on any atom is -0.507 e. The zero-order chi connectivity index (χ0) is 19.7. The van der Waals surface area contributed by atoms with Crippen molar-refractivity contribution in [1.29, 1.82) is 0 Å². The summed E-state index contributed by atoms with van der Waals surface area (Å²) in [5.74, 6) is 0.608. The van der Waals surface area contributed by atoms with Crippen LogP contribution in [0.25, 0.3) is 0 Å². The number of aromatic hydroxyl groups is 1. The van der Waals surface area contributed by atoms with E-state index in [-0.39, 0.29) is 11.7 Å². The van der Waals surface area contributed by atoms with E-state index in [1.807, 2.05) is 48.5 Å². The molecule has 0 fully saturated rings. The molecule has 3 aromatic rings. The van der Waals surface area contributed by atoms with E-state index < -0.39 is 5.92 Å². The molecular weight excluding hydrogens is 488 g/mol. The van der Waals surface area contributed by atoms with Gasteiger partial charge in [0.25, 0.3) is 5.91 Å². The van der Waals surface area contributed by atoms with Crippen molar-refractivity contribution in [3.05, 3.63) is 86.3 Å². The molecule has 0 bridgehead atoms. The van der Waals surface area contributed by atoms with Crippen LogP contribution in [0.15, 0.2) is 74.7 Å². The van der Waals surface area contributed by atoms with Crippen LogP contribution in [-0.2, 0) is 4.79 Å². The maximum Gasteiger partial charge on any atom is 0.252 e. The first-order valence-corrected chi connectivity index (χ1v) is 10.00. The highest BCUT2D eigenvalue weighted by Gasteiger charge is 2.32. The van der Waals surface area contributed by atoms with Crippen molar-refractivity contribution in [2.45, 2.75) is 5.92 Å². The number of halogens is 2. The monoisotopic (exact) mass is 500 g/mol.